The molecule has 3 aromatic rings. The number of nitrogens with zero attached hydrogens (tertiary/aromatic N) is 2. The number of alkyl halides is 3. The van der Waals surface area contributed by atoms with E-state index in [1.165, 1.54) is 20.3 Å². The molecule has 5 nitrogen and oxygen atoms in total. The Morgan fingerprint density at radius 3 is 2.47 bits per heavy atom. The Bertz CT molecular complexity index is 1140. The monoisotopic (exact) mass is 512 g/mol. The average molecular weight is 513 g/mol. The fourth-order valence-electron chi connectivity index (χ4n) is 4.24. The Morgan fingerprint density at radius 2 is 1.78 bits per heavy atom. The van der Waals surface area contributed by atoms with Crippen LogP contribution in [-0.2, 0) is 25.7 Å². The van der Waals surface area contributed by atoms with Crippen molar-refractivity contribution in [3.05, 3.63) is 53.3 Å². The van der Waals surface area contributed by atoms with E-state index in [4.69, 9.17) is 9.47 Å². The van der Waals surface area contributed by atoms with Crippen LogP contribution < -0.4 is 31.0 Å². The van der Waals surface area contributed by atoms with E-state index in [9.17, 15) is 18.0 Å². The van der Waals surface area contributed by atoms with Gasteiger partial charge in [0.05, 0.1) is 26.3 Å². The number of hydrogen-bond donors (Lipinski definition) is 0. The van der Waals surface area contributed by atoms with Crippen molar-refractivity contribution in [2.24, 2.45) is 0 Å². The Balaban J connectivity index is 0.00000289. The number of carbonyl (C=O) groups is 1. The molecule has 0 spiro atoms. The van der Waals surface area contributed by atoms with E-state index in [1.54, 1.807) is 22.8 Å². The number of ketones is 1. The van der Waals surface area contributed by atoms with Crippen LogP contribution in [0, 0.1) is 0 Å². The first-order chi connectivity index (χ1) is 14.8. The van der Waals surface area contributed by atoms with Crippen molar-refractivity contribution >= 4 is 16.8 Å². The van der Waals surface area contributed by atoms with Gasteiger partial charge in [0, 0.05) is 18.1 Å². The van der Waals surface area contributed by atoms with Crippen molar-refractivity contribution < 1.29 is 49.0 Å². The Labute approximate surface area is 194 Å². The van der Waals surface area contributed by atoms with E-state index in [2.05, 4.69) is 4.57 Å². The second-order valence-electron chi connectivity index (χ2n) is 7.66. The molecule has 0 atom stereocenters. The lowest BCUT2D eigenvalue weighted by Crippen LogP contribution is -3.00. The number of ether oxygens (including phenoxy) is 2. The minimum absolute atomic E-state index is 0. The van der Waals surface area contributed by atoms with E-state index < -0.39 is 11.7 Å². The standard InChI is InChI=1S/C23H24F3N2O3.BrH/c1-30-20-10-7-15(12-21(20)31-2)19(29)14-28-18-13-16(23(24,25)26)8-9-17(18)27-11-5-3-4-6-22(27)28;/h7-10,12-13H,3-6,11,14H2,1-2H3;1H/q+1;/p-1. The van der Waals surface area contributed by atoms with Gasteiger partial charge in [-0.1, -0.05) is 0 Å². The summed E-state index contributed by atoms with van der Waals surface area (Å²) in [6.45, 7) is 0.685. The zero-order chi connectivity index (χ0) is 22.2. The molecule has 9 heteroatoms. The molecule has 4 rings (SSSR count). The normalized spacial score (nSPS) is 13.8. The predicted molar refractivity (Wildman–Crippen MR) is 109 cm³/mol. The summed E-state index contributed by atoms with van der Waals surface area (Å²) in [6, 6.07) is 8.67. The average Bonchev–Trinajstić information content (AvgIpc) is 2.90. The number of carbonyl (C=O) groups excluding carboxylic acids is 1. The van der Waals surface area contributed by atoms with Crippen molar-refractivity contribution in [3.63, 3.8) is 0 Å². The smallest absolute Gasteiger partial charge is 0.416 e. The van der Waals surface area contributed by atoms with Crippen LogP contribution in [0.15, 0.2) is 36.4 Å². The largest absolute Gasteiger partial charge is 1.00 e. The molecule has 0 fully saturated rings. The first-order valence-corrected chi connectivity index (χ1v) is 10.2. The molecule has 1 aliphatic heterocycles. The Morgan fingerprint density at radius 1 is 1.03 bits per heavy atom. The molecule has 0 amide bonds. The Kier molecular flexibility index (Phi) is 7.17. The number of imidazole rings is 1. The summed E-state index contributed by atoms with van der Waals surface area (Å²) in [7, 11) is 3.00. The maximum absolute atomic E-state index is 13.4. The van der Waals surface area contributed by atoms with Crippen LogP contribution in [0.25, 0.3) is 11.0 Å². The van der Waals surface area contributed by atoms with Crippen LogP contribution in [0.1, 0.15) is 41.0 Å². The van der Waals surface area contributed by atoms with Crippen molar-refractivity contribution in [2.45, 2.75) is 44.9 Å². The minimum atomic E-state index is -4.45. The van der Waals surface area contributed by atoms with Gasteiger partial charge in [-0.3, -0.25) is 4.79 Å². The maximum Gasteiger partial charge on any atom is 0.416 e. The highest BCUT2D eigenvalue weighted by Gasteiger charge is 2.34. The van der Waals surface area contributed by atoms with Gasteiger partial charge in [0.15, 0.2) is 29.1 Å². The lowest BCUT2D eigenvalue weighted by atomic mass is 10.1. The van der Waals surface area contributed by atoms with Crippen molar-refractivity contribution in [1.82, 2.24) is 4.57 Å². The lowest BCUT2D eigenvalue weighted by Gasteiger charge is -2.09. The third-order valence-corrected chi connectivity index (χ3v) is 5.80. The zero-order valence-electron chi connectivity index (χ0n) is 17.8. The quantitative estimate of drug-likeness (QED) is 0.385. The van der Waals surface area contributed by atoms with E-state index in [1.807, 2.05) is 0 Å². The first kappa shape index (κ1) is 24.1. The van der Waals surface area contributed by atoms with Crippen LogP contribution in [-0.4, -0.2) is 24.6 Å². The highest BCUT2D eigenvalue weighted by atomic mass is 79.9. The molecule has 2 aromatic carbocycles. The summed E-state index contributed by atoms with van der Waals surface area (Å²) in [6.07, 6.45) is -0.782. The van der Waals surface area contributed by atoms with Gasteiger partial charge < -0.3 is 26.5 Å². The van der Waals surface area contributed by atoms with Gasteiger partial charge >= 0.3 is 6.18 Å². The van der Waals surface area contributed by atoms with E-state index in [0.717, 1.165) is 55.7 Å². The highest BCUT2D eigenvalue weighted by Crippen LogP contribution is 2.32. The summed E-state index contributed by atoms with van der Waals surface area (Å²) in [4.78, 5) is 13.1. The van der Waals surface area contributed by atoms with E-state index in [0.29, 0.717) is 22.6 Å². The summed E-state index contributed by atoms with van der Waals surface area (Å²) >= 11 is 0. The summed E-state index contributed by atoms with van der Waals surface area (Å²) in [5, 5.41) is 0. The number of hydrogen-bond acceptors (Lipinski definition) is 3. The summed E-state index contributed by atoms with van der Waals surface area (Å²) in [5.41, 5.74) is 0.859. The molecule has 0 saturated heterocycles. The number of aromatic nitrogens is 2. The van der Waals surface area contributed by atoms with Crippen molar-refractivity contribution in [1.29, 1.82) is 0 Å². The van der Waals surface area contributed by atoms with Gasteiger partial charge in [-0.15, -0.1) is 0 Å². The number of rotatable bonds is 5. The van der Waals surface area contributed by atoms with E-state index >= 15 is 0 Å². The highest BCUT2D eigenvalue weighted by molar-refractivity contribution is 5.97. The maximum atomic E-state index is 13.4. The first-order valence-electron chi connectivity index (χ1n) is 10.2. The molecule has 1 aliphatic rings. The molecule has 32 heavy (non-hydrogen) atoms. The fourth-order valence-corrected chi connectivity index (χ4v) is 4.24. The molecule has 1 aromatic heterocycles. The number of aryl methyl sites for hydroxylation is 1. The third kappa shape index (κ3) is 4.48. The summed E-state index contributed by atoms with van der Waals surface area (Å²) in [5.74, 6) is 1.62. The van der Waals surface area contributed by atoms with Gasteiger partial charge in [0.25, 0.3) is 5.82 Å². The number of methoxy groups -OCH3 is 2. The van der Waals surface area contributed by atoms with Gasteiger partial charge in [-0.25, -0.2) is 9.13 Å². The SMILES string of the molecule is COc1ccc(C(=O)Cn2c3[n+](c4ccc(C(F)(F)F)cc42)CCCCC3)cc1OC.[Br-]. The van der Waals surface area contributed by atoms with Crippen molar-refractivity contribution in [3.8, 4) is 11.5 Å². The van der Waals surface area contributed by atoms with Gasteiger partial charge in [0.2, 0.25) is 5.78 Å². The van der Waals surface area contributed by atoms with Crippen LogP contribution in [0.5, 0.6) is 11.5 Å². The molecular weight excluding hydrogens is 489 g/mol. The van der Waals surface area contributed by atoms with E-state index in [-0.39, 0.29) is 29.3 Å². The lowest BCUT2D eigenvalue weighted by molar-refractivity contribution is -0.678. The predicted octanol–water partition coefficient (Wildman–Crippen LogP) is 1.58. The fraction of sp³-hybridized carbons (Fsp3) is 0.391. The second-order valence-corrected chi connectivity index (χ2v) is 7.66. The number of Topliss-reactive ketones (excluding diaryl/α,β-unsaturated/α-hetero) is 1. The molecule has 0 radical (unpaired) electrons. The molecule has 0 bridgehead atoms. The molecular formula is C23H24BrF3N2O3. The molecule has 172 valence electrons. The second kappa shape index (κ2) is 9.52. The molecule has 0 N–H and O–H groups in total. The van der Waals surface area contributed by atoms with Crippen LogP contribution in [0.4, 0.5) is 13.2 Å². The molecule has 2 heterocycles. The number of fused-ring (bicyclic) bond motifs is 3. The summed E-state index contributed by atoms with van der Waals surface area (Å²) < 4.78 is 54.4. The Hall–Kier alpha value is -2.55. The molecule has 0 unspecified atom stereocenters. The van der Waals surface area contributed by atoms with Gasteiger partial charge in [0.1, 0.15) is 0 Å². The van der Waals surface area contributed by atoms with Crippen LogP contribution >= 0.6 is 0 Å². The van der Waals surface area contributed by atoms with Crippen molar-refractivity contribution in [2.75, 3.05) is 14.2 Å². The van der Waals surface area contributed by atoms with Gasteiger partial charge in [-0.05, 0) is 49.6 Å². The number of benzene rings is 2. The topological polar surface area (TPSA) is 44.3 Å². The van der Waals surface area contributed by atoms with Crippen LogP contribution in [0.3, 0.4) is 0 Å². The number of halogens is 4. The third-order valence-electron chi connectivity index (χ3n) is 5.80. The zero-order valence-corrected chi connectivity index (χ0v) is 19.4. The molecule has 0 aliphatic carbocycles. The minimum Gasteiger partial charge on any atom is -1.00 e. The van der Waals surface area contributed by atoms with Crippen LogP contribution in [0.2, 0.25) is 0 Å². The molecule has 0 saturated carbocycles. The van der Waals surface area contributed by atoms with Gasteiger partial charge in [-0.2, -0.15) is 13.2 Å².